The van der Waals surface area contributed by atoms with Crippen LogP contribution in [-0.4, -0.2) is 29.5 Å². The van der Waals surface area contributed by atoms with E-state index in [4.69, 9.17) is 4.98 Å². The third kappa shape index (κ3) is 6.53. The molecule has 1 saturated heterocycles. The van der Waals surface area contributed by atoms with Gasteiger partial charge in [0, 0.05) is 31.4 Å². The van der Waals surface area contributed by atoms with Crippen LogP contribution in [0.25, 0.3) is 5.57 Å². The highest BCUT2D eigenvalue weighted by atomic mass is 15.1. The topological polar surface area (TPSA) is 16.1 Å². The van der Waals surface area contributed by atoms with Crippen molar-refractivity contribution in [3.8, 4) is 0 Å². The highest BCUT2D eigenvalue weighted by Crippen LogP contribution is 2.35. The summed E-state index contributed by atoms with van der Waals surface area (Å²) in [6, 6.07) is 11.1. The van der Waals surface area contributed by atoms with E-state index in [1.165, 1.54) is 39.1 Å². The Morgan fingerprint density at radius 3 is 2.38 bits per heavy atom. The molecule has 32 heavy (non-hydrogen) atoms. The van der Waals surface area contributed by atoms with E-state index in [1.807, 2.05) is 20.0 Å². The first kappa shape index (κ1) is 25.8. The summed E-state index contributed by atoms with van der Waals surface area (Å²) in [4.78, 5) is 7.46. The van der Waals surface area contributed by atoms with Gasteiger partial charge in [0.15, 0.2) is 0 Å². The summed E-state index contributed by atoms with van der Waals surface area (Å²) in [5.74, 6) is 0. The third-order valence-electron chi connectivity index (χ3n) is 6.13. The van der Waals surface area contributed by atoms with Crippen molar-refractivity contribution in [3.63, 3.8) is 0 Å². The van der Waals surface area contributed by atoms with E-state index in [-0.39, 0.29) is 0 Å². The van der Waals surface area contributed by atoms with Crippen molar-refractivity contribution in [2.45, 2.75) is 67.7 Å². The molecule has 2 heteroatoms. The molecule has 3 rings (SSSR count). The highest BCUT2D eigenvalue weighted by Gasteiger charge is 2.22. The predicted octanol–water partition coefficient (Wildman–Crippen LogP) is 7.71. The quantitative estimate of drug-likeness (QED) is 0.436. The van der Waals surface area contributed by atoms with E-state index in [0.717, 1.165) is 38.9 Å². The van der Waals surface area contributed by atoms with Gasteiger partial charge in [-0.1, -0.05) is 74.4 Å². The zero-order valence-corrected chi connectivity index (χ0v) is 21.3. The Balaban J connectivity index is 0.00000176. The molecule has 1 aliphatic heterocycles. The van der Waals surface area contributed by atoms with Crippen LogP contribution in [0.2, 0.25) is 0 Å². The van der Waals surface area contributed by atoms with Gasteiger partial charge in [-0.05, 0) is 75.3 Å². The molecule has 2 aromatic rings. The maximum Gasteiger partial charge on any atom is 0.0739 e. The largest absolute Gasteiger partial charge is 0.298 e. The van der Waals surface area contributed by atoms with E-state index in [2.05, 4.69) is 88.1 Å². The lowest BCUT2D eigenvalue weighted by Gasteiger charge is -2.31. The molecule has 0 N–H and O–H groups in total. The lowest BCUT2D eigenvalue weighted by Crippen LogP contribution is -2.32. The van der Waals surface area contributed by atoms with Gasteiger partial charge in [0.2, 0.25) is 0 Å². The maximum absolute atomic E-state index is 4.88. The van der Waals surface area contributed by atoms with Gasteiger partial charge in [-0.2, -0.15) is 0 Å². The van der Waals surface area contributed by atoms with Gasteiger partial charge in [-0.15, -0.1) is 0 Å². The molecule has 172 valence electrons. The van der Waals surface area contributed by atoms with Crippen LogP contribution in [0.15, 0.2) is 65.9 Å². The number of likely N-dealkylation sites (tertiary alicyclic amines) is 1. The third-order valence-corrected chi connectivity index (χ3v) is 6.13. The normalized spacial score (nSPS) is 15.0. The molecule has 1 aromatic carbocycles. The van der Waals surface area contributed by atoms with Gasteiger partial charge in [0.25, 0.3) is 0 Å². The lowest BCUT2D eigenvalue weighted by atomic mass is 9.86. The van der Waals surface area contributed by atoms with Gasteiger partial charge in [-0.3, -0.25) is 9.88 Å². The number of pyridine rings is 1. The van der Waals surface area contributed by atoms with Crippen LogP contribution in [-0.2, 0) is 6.42 Å². The Labute approximate surface area is 196 Å². The minimum absolute atomic E-state index is 1.00. The van der Waals surface area contributed by atoms with Crippen molar-refractivity contribution >= 4 is 5.57 Å². The Morgan fingerprint density at radius 2 is 1.78 bits per heavy atom. The molecule has 2 heterocycles. The molecule has 0 aliphatic carbocycles. The second-order valence-corrected chi connectivity index (χ2v) is 8.30. The standard InChI is InChI=1S/C28H36N2.C2H6/c1-6-10-23(7-2)20-30-17-14-25(15-18-30)27(26-13-12-21(4)19-22(26)5)28-24(8-3)11-9-16-29-28;1-2/h6-7,9-13,16,19H,8,14-15,17-18,20H2,1-5H3;1-2H3/b10-6-,23-7+;. The number of piperidine rings is 1. The Kier molecular flexibility index (Phi) is 10.6. The Bertz CT molecular complexity index is 953. The molecule has 1 aliphatic rings. The fraction of sp³-hybridized carbons (Fsp3) is 0.433. The van der Waals surface area contributed by atoms with Gasteiger partial charge in [0.05, 0.1) is 5.69 Å². The maximum atomic E-state index is 4.88. The molecule has 0 amide bonds. The lowest BCUT2D eigenvalue weighted by molar-refractivity contribution is 0.279. The fourth-order valence-electron chi connectivity index (χ4n) is 4.47. The molecule has 2 nitrogen and oxygen atoms in total. The summed E-state index contributed by atoms with van der Waals surface area (Å²) in [5, 5.41) is 0. The average Bonchev–Trinajstić information content (AvgIpc) is 2.83. The minimum atomic E-state index is 1.00. The van der Waals surface area contributed by atoms with Crippen molar-refractivity contribution in [1.82, 2.24) is 9.88 Å². The van der Waals surface area contributed by atoms with E-state index in [9.17, 15) is 0 Å². The van der Waals surface area contributed by atoms with E-state index in [1.54, 1.807) is 5.57 Å². The molecule has 0 radical (unpaired) electrons. The number of aromatic nitrogens is 1. The second-order valence-electron chi connectivity index (χ2n) is 8.30. The predicted molar refractivity (Wildman–Crippen MR) is 141 cm³/mol. The van der Waals surface area contributed by atoms with Crippen molar-refractivity contribution < 1.29 is 0 Å². The molecule has 0 bridgehead atoms. The molecule has 0 atom stereocenters. The monoisotopic (exact) mass is 430 g/mol. The first-order chi connectivity index (χ1) is 15.6. The van der Waals surface area contributed by atoms with Crippen molar-refractivity contribution in [2.24, 2.45) is 0 Å². The van der Waals surface area contributed by atoms with Crippen LogP contribution in [0.1, 0.15) is 75.4 Å². The number of rotatable bonds is 6. The molecular weight excluding hydrogens is 388 g/mol. The van der Waals surface area contributed by atoms with E-state index < -0.39 is 0 Å². The summed E-state index contributed by atoms with van der Waals surface area (Å²) < 4.78 is 0. The van der Waals surface area contributed by atoms with Crippen LogP contribution in [0.5, 0.6) is 0 Å². The fourth-order valence-corrected chi connectivity index (χ4v) is 4.47. The van der Waals surface area contributed by atoms with Crippen LogP contribution in [0, 0.1) is 13.8 Å². The highest BCUT2D eigenvalue weighted by molar-refractivity contribution is 5.83. The first-order valence-corrected chi connectivity index (χ1v) is 12.3. The molecule has 0 spiro atoms. The first-order valence-electron chi connectivity index (χ1n) is 12.3. The second kappa shape index (κ2) is 13.2. The summed E-state index contributed by atoms with van der Waals surface area (Å²) in [6.45, 7) is 18.1. The number of aryl methyl sites for hydroxylation is 3. The summed E-state index contributed by atoms with van der Waals surface area (Å²) in [7, 11) is 0. The molecular formula is C30H42N2. The SMILES string of the molecule is C/C=C\C(=C/C)CN1CCC(=C(c2ccc(C)cc2C)c2ncccc2CC)CC1.CC. The van der Waals surface area contributed by atoms with Crippen molar-refractivity contribution in [2.75, 3.05) is 19.6 Å². The zero-order chi connectivity index (χ0) is 23.5. The summed E-state index contributed by atoms with van der Waals surface area (Å²) in [6.07, 6.45) is 11.8. The number of allylic oxidation sites excluding steroid dienone is 2. The van der Waals surface area contributed by atoms with E-state index in [0.29, 0.717) is 0 Å². The summed E-state index contributed by atoms with van der Waals surface area (Å²) in [5.41, 5.74) is 10.9. The number of hydrogen-bond acceptors (Lipinski definition) is 2. The van der Waals surface area contributed by atoms with Gasteiger partial charge in [0.1, 0.15) is 0 Å². The van der Waals surface area contributed by atoms with Gasteiger partial charge in [-0.25, -0.2) is 0 Å². The molecule has 1 fully saturated rings. The number of nitrogens with zero attached hydrogens (tertiary/aromatic N) is 2. The Hall–Kier alpha value is -2.45. The number of hydrogen-bond donors (Lipinski definition) is 0. The average molecular weight is 431 g/mol. The summed E-state index contributed by atoms with van der Waals surface area (Å²) >= 11 is 0. The molecule has 1 aromatic heterocycles. The molecule has 0 saturated carbocycles. The zero-order valence-electron chi connectivity index (χ0n) is 21.3. The Morgan fingerprint density at radius 1 is 1.06 bits per heavy atom. The van der Waals surface area contributed by atoms with Crippen molar-refractivity contribution in [3.05, 3.63) is 93.9 Å². The van der Waals surface area contributed by atoms with Gasteiger partial charge < -0.3 is 0 Å². The molecule has 0 unspecified atom stereocenters. The smallest absolute Gasteiger partial charge is 0.0739 e. The van der Waals surface area contributed by atoms with Crippen molar-refractivity contribution in [1.29, 1.82) is 0 Å². The van der Waals surface area contributed by atoms with E-state index >= 15 is 0 Å². The number of benzene rings is 1. The van der Waals surface area contributed by atoms with Crippen LogP contribution in [0.3, 0.4) is 0 Å². The van der Waals surface area contributed by atoms with Crippen LogP contribution >= 0.6 is 0 Å². The minimum Gasteiger partial charge on any atom is -0.298 e. The van der Waals surface area contributed by atoms with Crippen LogP contribution < -0.4 is 0 Å². The van der Waals surface area contributed by atoms with Crippen LogP contribution in [0.4, 0.5) is 0 Å². The van der Waals surface area contributed by atoms with Gasteiger partial charge >= 0.3 is 0 Å².